The normalized spacial score (nSPS) is 8.21. The molecule has 0 saturated carbocycles. The van der Waals surface area contributed by atoms with Crippen molar-refractivity contribution in [3.05, 3.63) is 0 Å². The van der Waals surface area contributed by atoms with Crippen LogP contribution in [0.2, 0.25) is 0 Å². The fraction of sp³-hybridized carbons (Fsp3) is 1.00. The van der Waals surface area contributed by atoms with Crippen LogP contribution in [0.3, 0.4) is 0 Å². The molecule has 0 spiro atoms. The van der Waals surface area contributed by atoms with Gasteiger partial charge in [-0.25, -0.2) is 0 Å². The first-order chi connectivity index (χ1) is 8.34. The Morgan fingerprint density at radius 2 is 0.421 bits per heavy atom. The SMILES string of the molecule is CP(C)C.CP(C)C.CP(C)C.CP(C)C.[Te]=[W]=[Te]. The minimum absolute atomic E-state index is 0.270. The van der Waals surface area contributed by atoms with Gasteiger partial charge in [0.2, 0.25) is 0 Å². The molecule has 7 heteroatoms. The van der Waals surface area contributed by atoms with Crippen LogP contribution in [-0.2, 0) is 10.1 Å². The Bertz CT molecular complexity index is 125. The summed E-state index contributed by atoms with van der Waals surface area (Å²) in [5.41, 5.74) is 0. The summed E-state index contributed by atoms with van der Waals surface area (Å²) in [6.07, 6.45) is 0. The Morgan fingerprint density at radius 1 is 0.421 bits per heavy atom. The third-order valence-electron chi connectivity index (χ3n) is 0. The molecule has 0 aliphatic carbocycles. The molecular weight excluding hydrogens is 707 g/mol. The van der Waals surface area contributed by atoms with E-state index >= 15 is 0 Å². The molecule has 0 bridgehead atoms. The summed E-state index contributed by atoms with van der Waals surface area (Å²) < 4.78 is 0. The fourth-order valence-electron chi connectivity index (χ4n) is 0. The molecule has 0 aromatic rings. The molecule has 0 aliphatic heterocycles. The molecule has 19 heavy (non-hydrogen) atoms. The van der Waals surface area contributed by atoms with Crippen LogP contribution in [0.4, 0.5) is 0 Å². The zero-order valence-electron chi connectivity index (χ0n) is 15.0. The molecule has 122 valence electrons. The molecule has 0 unspecified atom stereocenters. The first-order valence-electron chi connectivity index (χ1n) is 5.70. The van der Waals surface area contributed by atoms with Crippen molar-refractivity contribution in [2.45, 2.75) is 0 Å². The Kier molecular flexibility index (Phi) is 60.7. The molecule has 0 aliphatic rings. The molecule has 0 amide bonds. The van der Waals surface area contributed by atoms with Crippen molar-refractivity contribution >= 4 is 68.6 Å². The van der Waals surface area contributed by atoms with Gasteiger partial charge in [-0.2, -0.15) is 0 Å². The Labute approximate surface area is 157 Å². The summed E-state index contributed by atoms with van der Waals surface area (Å²) in [5.74, 6) is 0. The number of rotatable bonds is 0. The maximum absolute atomic E-state index is 2.24. The minimum atomic E-state index is 0.270. The van der Waals surface area contributed by atoms with Gasteiger partial charge in [0.1, 0.15) is 0 Å². The first kappa shape index (κ1) is 34.3. The van der Waals surface area contributed by atoms with Gasteiger partial charge in [-0.3, -0.25) is 0 Å². The van der Waals surface area contributed by atoms with E-state index in [1.54, 1.807) is 0 Å². The van der Waals surface area contributed by atoms with E-state index in [-0.39, 0.29) is 10.1 Å². The quantitative estimate of drug-likeness (QED) is 0.251. The molecule has 0 heterocycles. The van der Waals surface area contributed by atoms with E-state index in [0.717, 1.165) is 0 Å². The standard InChI is InChI=1S/4C3H9P.2Te.W/c4*1-4(2)3;;;/h4*1-3H3;;;. The summed E-state index contributed by atoms with van der Waals surface area (Å²) in [5, 5.41) is 0. The Balaban J connectivity index is -0.0000000432. The molecule has 0 radical (unpaired) electrons. The second-order valence-electron chi connectivity index (χ2n) is 5.43. The summed E-state index contributed by atoms with van der Waals surface area (Å²) in [6, 6.07) is 0. The van der Waals surface area contributed by atoms with Gasteiger partial charge in [-0.05, 0) is 80.0 Å². The zero-order valence-corrected chi connectivity index (χ0v) is 26.2. The van der Waals surface area contributed by atoms with Crippen LogP contribution in [0.1, 0.15) is 0 Å². The van der Waals surface area contributed by atoms with E-state index < -0.39 is 0 Å². The summed E-state index contributed by atoms with van der Waals surface area (Å²) >= 11 is 4.48. The van der Waals surface area contributed by atoms with Gasteiger partial charge >= 0.3 is 47.1 Å². The topological polar surface area (TPSA) is 0 Å². The predicted molar refractivity (Wildman–Crippen MR) is 110 cm³/mol. The predicted octanol–water partition coefficient (Wildman–Crippen LogP) is 4.67. The van der Waals surface area contributed by atoms with Gasteiger partial charge in [0, 0.05) is 0 Å². The zero-order chi connectivity index (χ0) is 17.0. The van der Waals surface area contributed by atoms with E-state index in [4.69, 9.17) is 0 Å². The number of hydrogen-bond acceptors (Lipinski definition) is 0. The van der Waals surface area contributed by atoms with Crippen molar-refractivity contribution in [1.29, 1.82) is 0 Å². The molecular formula is C12H36P4Te2W. The van der Waals surface area contributed by atoms with Crippen molar-refractivity contribution in [1.82, 2.24) is 0 Å². The van der Waals surface area contributed by atoms with Crippen LogP contribution < -0.4 is 0 Å². The van der Waals surface area contributed by atoms with E-state index in [0.29, 0.717) is 31.7 Å². The van der Waals surface area contributed by atoms with Crippen LogP contribution in [0, 0.1) is 0 Å². The van der Waals surface area contributed by atoms with E-state index in [1.165, 1.54) is 0 Å². The third-order valence-corrected chi connectivity index (χ3v) is 0. The first-order valence-corrected chi connectivity index (χ1v) is 34.4. The van der Waals surface area contributed by atoms with Crippen molar-refractivity contribution in [3.63, 3.8) is 0 Å². The Morgan fingerprint density at radius 3 is 0.421 bits per heavy atom. The monoisotopic (exact) mass is 748 g/mol. The van der Waals surface area contributed by atoms with Crippen LogP contribution in [0.15, 0.2) is 0 Å². The summed E-state index contributed by atoms with van der Waals surface area (Å²) in [6.45, 7) is 26.8. The van der Waals surface area contributed by atoms with E-state index in [9.17, 15) is 0 Å². The molecule has 0 atom stereocenters. The third kappa shape index (κ3) is 552. The fourth-order valence-corrected chi connectivity index (χ4v) is 0. The van der Waals surface area contributed by atoms with Gasteiger partial charge in [-0.1, -0.05) is 0 Å². The van der Waals surface area contributed by atoms with E-state index in [2.05, 4.69) is 117 Å². The van der Waals surface area contributed by atoms with E-state index in [1.807, 2.05) is 0 Å². The molecule has 0 aromatic carbocycles. The van der Waals surface area contributed by atoms with Crippen LogP contribution in [0.5, 0.6) is 0 Å². The van der Waals surface area contributed by atoms with Gasteiger partial charge in [-0.15, -0.1) is 31.7 Å². The van der Waals surface area contributed by atoms with Gasteiger partial charge < -0.3 is 0 Å². The molecule has 0 fully saturated rings. The second kappa shape index (κ2) is 33.6. The van der Waals surface area contributed by atoms with Gasteiger partial charge in [0.25, 0.3) is 0 Å². The molecule has 0 aromatic heterocycles. The van der Waals surface area contributed by atoms with Gasteiger partial charge in [0.15, 0.2) is 0 Å². The molecule has 0 rings (SSSR count). The maximum atomic E-state index is 2.24. The van der Waals surface area contributed by atoms with Crippen molar-refractivity contribution in [2.24, 2.45) is 0 Å². The molecule has 0 nitrogen and oxygen atoms in total. The van der Waals surface area contributed by atoms with Crippen molar-refractivity contribution in [3.8, 4) is 0 Å². The molecule has 0 saturated heterocycles. The average Bonchev–Trinajstić information content (AvgIpc) is 1.97. The second-order valence-corrected chi connectivity index (χ2v) is 41.2. The van der Waals surface area contributed by atoms with Crippen LogP contribution in [-0.4, -0.2) is 117 Å². The molecule has 0 N–H and O–H groups in total. The van der Waals surface area contributed by atoms with Gasteiger partial charge in [0.05, 0.1) is 0 Å². The Hall–Kier alpha value is 3.99. The van der Waals surface area contributed by atoms with Crippen molar-refractivity contribution in [2.75, 3.05) is 80.0 Å². The van der Waals surface area contributed by atoms with Crippen LogP contribution in [0.25, 0.3) is 0 Å². The number of hydrogen-bond donors (Lipinski definition) is 0. The van der Waals surface area contributed by atoms with Crippen LogP contribution >= 0.6 is 31.7 Å². The summed E-state index contributed by atoms with van der Waals surface area (Å²) in [7, 11) is 1.79. The summed E-state index contributed by atoms with van der Waals surface area (Å²) in [4.78, 5) is 0. The average molecular weight is 743 g/mol. The van der Waals surface area contributed by atoms with Crippen molar-refractivity contribution < 1.29 is 10.1 Å².